The van der Waals surface area contributed by atoms with Crippen molar-refractivity contribution in [2.75, 3.05) is 6.61 Å². The monoisotopic (exact) mass is 269 g/mol. The highest BCUT2D eigenvalue weighted by atomic mass is 35.5. The average molecular weight is 270 g/mol. The molecule has 3 nitrogen and oxygen atoms in total. The predicted molar refractivity (Wildman–Crippen MR) is 74.5 cm³/mol. The predicted octanol–water partition coefficient (Wildman–Crippen LogP) is 3.21. The van der Waals surface area contributed by atoms with E-state index >= 15 is 0 Å². The maximum absolute atomic E-state index is 12.2. The molecule has 1 aromatic rings. The van der Waals surface area contributed by atoms with Gasteiger partial charge in [-0.3, -0.25) is 4.79 Å². The number of hydrogen-bond acceptors (Lipinski definition) is 3. The smallest absolute Gasteiger partial charge is 0.180 e. The van der Waals surface area contributed by atoms with Gasteiger partial charge in [0.1, 0.15) is 5.75 Å². The van der Waals surface area contributed by atoms with Gasteiger partial charge in [-0.2, -0.15) is 0 Å². The van der Waals surface area contributed by atoms with Gasteiger partial charge in [-0.15, -0.1) is 0 Å². The van der Waals surface area contributed by atoms with Crippen molar-refractivity contribution in [1.82, 2.24) is 0 Å². The van der Waals surface area contributed by atoms with Crippen LogP contribution in [0, 0.1) is 12.8 Å². The van der Waals surface area contributed by atoms with Gasteiger partial charge in [-0.05, 0) is 37.5 Å². The van der Waals surface area contributed by atoms with Crippen molar-refractivity contribution in [1.29, 1.82) is 0 Å². The maximum Gasteiger partial charge on any atom is 0.180 e. The van der Waals surface area contributed by atoms with Gasteiger partial charge in [0.2, 0.25) is 0 Å². The Morgan fingerprint density at radius 2 is 2.06 bits per heavy atom. The first-order chi connectivity index (χ1) is 8.38. The Bertz CT molecular complexity index is 444. The summed E-state index contributed by atoms with van der Waals surface area (Å²) < 4.78 is 5.39. The van der Waals surface area contributed by atoms with E-state index in [-0.39, 0.29) is 11.7 Å². The summed E-state index contributed by atoms with van der Waals surface area (Å²) in [5.74, 6) is 0.626. The summed E-state index contributed by atoms with van der Waals surface area (Å²) in [6, 6.07) is 2.93. The van der Waals surface area contributed by atoms with Crippen LogP contribution in [0.1, 0.15) is 36.7 Å². The number of ether oxygens (including phenoxy) is 1. The lowest BCUT2D eigenvalue weighted by molar-refractivity contribution is 0.0940. The first-order valence-electron chi connectivity index (χ1n) is 6.11. The number of rotatable bonds is 5. The SMILES string of the molecule is CCOc1cc(C)c(C(=O)C(N)C(C)C)cc1Cl. The van der Waals surface area contributed by atoms with Crippen LogP contribution < -0.4 is 10.5 Å². The Morgan fingerprint density at radius 3 is 2.56 bits per heavy atom. The van der Waals surface area contributed by atoms with Gasteiger partial charge in [-0.1, -0.05) is 25.4 Å². The van der Waals surface area contributed by atoms with Crippen LogP contribution in [0.3, 0.4) is 0 Å². The molecule has 0 heterocycles. The lowest BCUT2D eigenvalue weighted by atomic mass is 9.93. The maximum atomic E-state index is 12.2. The third-order valence-corrected chi connectivity index (χ3v) is 3.16. The van der Waals surface area contributed by atoms with Crippen molar-refractivity contribution >= 4 is 17.4 Å². The normalized spacial score (nSPS) is 12.6. The Hall–Kier alpha value is -1.06. The number of carbonyl (C=O) groups excluding carboxylic acids is 1. The number of Topliss-reactive ketones (excluding diaryl/α,β-unsaturated/α-hetero) is 1. The Kier molecular flexibility index (Phi) is 5.17. The van der Waals surface area contributed by atoms with E-state index < -0.39 is 6.04 Å². The Morgan fingerprint density at radius 1 is 1.44 bits per heavy atom. The number of carbonyl (C=O) groups is 1. The van der Waals surface area contributed by atoms with Crippen LogP contribution in [0.4, 0.5) is 0 Å². The summed E-state index contributed by atoms with van der Waals surface area (Å²) in [6.07, 6.45) is 0. The first kappa shape index (κ1) is 15.0. The fourth-order valence-corrected chi connectivity index (χ4v) is 1.89. The molecule has 0 radical (unpaired) electrons. The zero-order valence-corrected chi connectivity index (χ0v) is 12.0. The van der Waals surface area contributed by atoms with Gasteiger partial charge in [0.25, 0.3) is 0 Å². The van der Waals surface area contributed by atoms with Crippen molar-refractivity contribution in [3.63, 3.8) is 0 Å². The van der Waals surface area contributed by atoms with Gasteiger partial charge < -0.3 is 10.5 Å². The fraction of sp³-hybridized carbons (Fsp3) is 0.500. The van der Waals surface area contributed by atoms with Crippen LogP contribution >= 0.6 is 11.6 Å². The van der Waals surface area contributed by atoms with Crippen LogP contribution in [0.2, 0.25) is 5.02 Å². The lowest BCUT2D eigenvalue weighted by Gasteiger charge is -2.17. The number of aryl methyl sites for hydroxylation is 1. The molecule has 4 heteroatoms. The summed E-state index contributed by atoms with van der Waals surface area (Å²) in [5, 5.41) is 0.446. The second kappa shape index (κ2) is 6.21. The molecule has 1 atom stereocenters. The minimum Gasteiger partial charge on any atom is -0.492 e. The zero-order valence-electron chi connectivity index (χ0n) is 11.3. The Balaban J connectivity index is 3.11. The molecule has 0 amide bonds. The first-order valence-corrected chi connectivity index (χ1v) is 6.49. The van der Waals surface area contributed by atoms with Crippen molar-refractivity contribution in [3.8, 4) is 5.75 Å². The van der Waals surface area contributed by atoms with Crippen LogP contribution in [0.15, 0.2) is 12.1 Å². The van der Waals surface area contributed by atoms with E-state index in [0.29, 0.717) is 22.9 Å². The van der Waals surface area contributed by atoms with E-state index in [1.54, 1.807) is 12.1 Å². The minimum atomic E-state index is -0.502. The van der Waals surface area contributed by atoms with Gasteiger partial charge >= 0.3 is 0 Å². The molecule has 100 valence electrons. The molecule has 0 spiro atoms. The largest absolute Gasteiger partial charge is 0.492 e. The van der Waals surface area contributed by atoms with Gasteiger partial charge in [0.15, 0.2) is 5.78 Å². The van der Waals surface area contributed by atoms with E-state index in [9.17, 15) is 4.79 Å². The van der Waals surface area contributed by atoms with E-state index in [1.807, 2.05) is 27.7 Å². The Labute approximate surface area is 113 Å². The molecule has 1 unspecified atom stereocenters. The second-order valence-electron chi connectivity index (χ2n) is 4.66. The molecule has 0 aliphatic rings. The third kappa shape index (κ3) is 3.24. The van der Waals surface area contributed by atoms with Crippen LogP contribution in [-0.4, -0.2) is 18.4 Å². The zero-order chi connectivity index (χ0) is 13.9. The van der Waals surface area contributed by atoms with E-state index in [0.717, 1.165) is 5.56 Å². The molecule has 1 aromatic carbocycles. The van der Waals surface area contributed by atoms with E-state index in [4.69, 9.17) is 22.1 Å². The number of ketones is 1. The highest BCUT2D eigenvalue weighted by Gasteiger charge is 2.21. The highest BCUT2D eigenvalue weighted by molar-refractivity contribution is 6.32. The van der Waals surface area contributed by atoms with Crippen LogP contribution in [-0.2, 0) is 0 Å². The fourth-order valence-electron chi connectivity index (χ4n) is 1.67. The molecule has 0 aromatic heterocycles. The number of nitrogens with two attached hydrogens (primary N) is 1. The molecule has 2 N–H and O–H groups in total. The molecule has 0 fully saturated rings. The molecule has 18 heavy (non-hydrogen) atoms. The van der Waals surface area contributed by atoms with Crippen molar-refractivity contribution < 1.29 is 9.53 Å². The standard InChI is InChI=1S/C14H20ClNO2/c1-5-18-12-6-9(4)10(7-11(12)15)14(17)13(16)8(2)3/h6-8,13H,5,16H2,1-4H3. The van der Waals surface area contributed by atoms with Crippen molar-refractivity contribution in [3.05, 3.63) is 28.3 Å². The number of halogens is 1. The number of hydrogen-bond donors (Lipinski definition) is 1. The molecular weight excluding hydrogens is 250 g/mol. The van der Waals surface area contributed by atoms with Gasteiger partial charge in [0.05, 0.1) is 17.7 Å². The molecule has 0 bridgehead atoms. The molecule has 0 aliphatic carbocycles. The molecule has 0 aliphatic heterocycles. The third-order valence-electron chi connectivity index (χ3n) is 2.87. The van der Waals surface area contributed by atoms with Gasteiger partial charge in [-0.25, -0.2) is 0 Å². The topological polar surface area (TPSA) is 52.3 Å². The molecule has 1 rings (SSSR count). The summed E-state index contributed by atoms with van der Waals surface area (Å²) in [4.78, 5) is 12.2. The minimum absolute atomic E-state index is 0.0764. The van der Waals surface area contributed by atoms with Crippen molar-refractivity contribution in [2.45, 2.75) is 33.7 Å². The van der Waals surface area contributed by atoms with Crippen LogP contribution in [0.25, 0.3) is 0 Å². The average Bonchev–Trinajstić information content (AvgIpc) is 2.31. The van der Waals surface area contributed by atoms with Crippen molar-refractivity contribution in [2.24, 2.45) is 11.7 Å². The quantitative estimate of drug-likeness (QED) is 0.835. The van der Waals surface area contributed by atoms with E-state index in [2.05, 4.69) is 0 Å². The molecular formula is C14H20ClNO2. The summed E-state index contributed by atoms with van der Waals surface area (Å²) in [6.45, 7) is 8.14. The van der Waals surface area contributed by atoms with E-state index in [1.165, 1.54) is 0 Å². The summed E-state index contributed by atoms with van der Waals surface area (Å²) in [7, 11) is 0. The van der Waals surface area contributed by atoms with Crippen LogP contribution in [0.5, 0.6) is 5.75 Å². The highest BCUT2D eigenvalue weighted by Crippen LogP contribution is 2.29. The molecule has 0 saturated heterocycles. The lowest BCUT2D eigenvalue weighted by Crippen LogP contribution is -2.35. The molecule has 0 saturated carbocycles. The van der Waals surface area contributed by atoms with Gasteiger partial charge in [0, 0.05) is 5.56 Å². The second-order valence-corrected chi connectivity index (χ2v) is 5.07. The summed E-state index contributed by atoms with van der Waals surface area (Å²) >= 11 is 6.09. The number of benzene rings is 1. The summed E-state index contributed by atoms with van der Waals surface area (Å²) in [5.41, 5.74) is 7.29.